The van der Waals surface area contributed by atoms with Gasteiger partial charge < -0.3 is 20.0 Å². The van der Waals surface area contributed by atoms with Crippen LogP contribution in [-0.4, -0.2) is 17.3 Å². The van der Waals surface area contributed by atoms with Crippen LogP contribution >= 0.6 is 0 Å². The Hall–Kier alpha value is -2.43. The van der Waals surface area contributed by atoms with E-state index in [0.29, 0.717) is 11.6 Å². The highest BCUT2D eigenvalue weighted by atomic mass is 16.5. The van der Waals surface area contributed by atoms with Crippen molar-refractivity contribution in [1.82, 2.24) is 10.1 Å². The van der Waals surface area contributed by atoms with E-state index in [1.807, 2.05) is 25.3 Å². The van der Waals surface area contributed by atoms with Crippen LogP contribution in [0.2, 0.25) is 0 Å². The number of hydrogen-bond donors (Lipinski definition) is 2. The summed E-state index contributed by atoms with van der Waals surface area (Å²) >= 11 is 0. The van der Waals surface area contributed by atoms with Gasteiger partial charge in [-0.2, -0.15) is 0 Å². The van der Waals surface area contributed by atoms with E-state index in [2.05, 4.69) is 10.1 Å². The molecule has 0 fully saturated rings. The molecule has 0 amide bonds. The highest BCUT2D eigenvalue weighted by Gasteiger charge is 2.11. The second-order valence-electron chi connectivity index (χ2n) is 4.19. The Morgan fingerprint density at radius 3 is 2.83 bits per heavy atom. The summed E-state index contributed by atoms with van der Waals surface area (Å²) in [5.74, 6) is 1.08. The van der Waals surface area contributed by atoms with Crippen molar-refractivity contribution in [3.8, 4) is 17.0 Å². The monoisotopic (exact) mass is 243 g/mol. The number of rotatable bonds is 2. The third-order valence-electron chi connectivity index (χ3n) is 3.00. The van der Waals surface area contributed by atoms with Crippen LogP contribution in [0.25, 0.3) is 22.2 Å². The molecule has 2 heterocycles. The molecule has 0 aliphatic rings. The fraction of sp³-hybridized carbons (Fsp3) is 0.154. The van der Waals surface area contributed by atoms with Crippen LogP contribution < -0.4 is 10.5 Å². The van der Waals surface area contributed by atoms with Crippen molar-refractivity contribution in [1.29, 1.82) is 0 Å². The van der Waals surface area contributed by atoms with Gasteiger partial charge in [0.25, 0.3) is 0 Å². The van der Waals surface area contributed by atoms with Gasteiger partial charge in [-0.3, -0.25) is 0 Å². The summed E-state index contributed by atoms with van der Waals surface area (Å²) in [6.45, 7) is 2.04. The average molecular weight is 243 g/mol. The summed E-state index contributed by atoms with van der Waals surface area (Å²) in [6, 6.07) is 5.65. The van der Waals surface area contributed by atoms with E-state index in [4.69, 9.17) is 15.0 Å². The number of aromatic amines is 1. The Labute approximate surface area is 104 Å². The van der Waals surface area contributed by atoms with E-state index < -0.39 is 0 Å². The fourth-order valence-corrected chi connectivity index (χ4v) is 2.07. The second-order valence-corrected chi connectivity index (χ2v) is 4.19. The molecule has 0 saturated heterocycles. The van der Waals surface area contributed by atoms with Crippen molar-refractivity contribution in [2.24, 2.45) is 0 Å². The molecule has 2 aromatic heterocycles. The molecule has 3 rings (SSSR count). The molecule has 0 aliphatic heterocycles. The molecule has 0 bridgehead atoms. The number of H-pyrrole nitrogens is 1. The Morgan fingerprint density at radius 1 is 1.33 bits per heavy atom. The van der Waals surface area contributed by atoms with Crippen molar-refractivity contribution >= 4 is 16.8 Å². The number of methoxy groups -OCH3 is 1. The van der Waals surface area contributed by atoms with E-state index in [-0.39, 0.29) is 0 Å². The molecular weight excluding hydrogens is 230 g/mol. The van der Waals surface area contributed by atoms with Gasteiger partial charge >= 0.3 is 0 Å². The van der Waals surface area contributed by atoms with Crippen LogP contribution in [0.3, 0.4) is 0 Å². The van der Waals surface area contributed by atoms with Gasteiger partial charge in [-0.05, 0) is 24.6 Å². The standard InChI is InChI=1S/C13H13N3O2/c1-7-6-15-13-9(7)3-8(4-11(13)17-2)10-5-12(14)18-16-10/h3-6,15H,14H2,1-2H3. The summed E-state index contributed by atoms with van der Waals surface area (Å²) in [4.78, 5) is 3.20. The zero-order valence-electron chi connectivity index (χ0n) is 10.2. The number of hydrogen-bond acceptors (Lipinski definition) is 4. The summed E-state index contributed by atoms with van der Waals surface area (Å²) in [6.07, 6.45) is 1.95. The molecule has 18 heavy (non-hydrogen) atoms. The Bertz CT molecular complexity index is 712. The minimum Gasteiger partial charge on any atom is -0.495 e. The van der Waals surface area contributed by atoms with Gasteiger partial charge in [0.05, 0.1) is 12.6 Å². The number of nitrogen functional groups attached to an aromatic ring is 1. The molecule has 0 saturated carbocycles. The lowest BCUT2D eigenvalue weighted by molar-refractivity contribution is 0.419. The average Bonchev–Trinajstić information content (AvgIpc) is 2.96. The van der Waals surface area contributed by atoms with E-state index in [9.17, 15) is 0 Å². The summed E-state index contributed by atoms with van der Waals surface area (Å²) < 4.78 is 10.3. The molecule has 0 spiro atoms. The molecule has 92 valence electrons. The first-order chi connectivity index (χ1) is 8.69. The molecule has 5 heteroatoms. The molecule has 1 aromatic carbocycles. The number of benzene rings is 1. The topological polar surface area (TPSA) is 77.1 Å². The molecule has 0 atom stereocenters. The van der Waals surface area contributed by atoms with Crippen molar-refractivity contribution in [3.63, 3.8) is 0 Å². The van der Waals surface area contributed by atoms with Gasteiger partial charge in [-0.25, -0.2) is 0 Å². The summed E-state index contributed by atoms with van der Waals surface area (Å²) in [5, 5.41) is 5.02. The number of nitrogens with zero attached hydrogens (tertiary/aromatic N) is 1. The highest BCUT2D eigenvalue weighted by molar-refractivity contribution is 5.92. The predicted octanol–water partition coefficient (Wildman–Crippen LogP) is 2.72. The third-order valence-corrected chi connectivity index (χ3v) is 3.00. The third kappa shape index (κ3) is 1.52. The minimum atomic E-state index is 0.301. The molecule has 5 nitrogen and oxygen atoms in total. The van der Waals surface area contributed by atoms with Gasteiger partial charge in [0.15, 0.2) is 0 Å². The number of ether oxygens (including phenoxy) is 1. The maximum absolute atomic E-state index is 5.54. The molecule has 0 unspecified atom stereocenters. The lowest BCUT2D eigenvalue weighted by Gasteiger charge is -2.05. The van der Waals surface area contributed by atoms with Crippen molar-refractivity contribution in [2.45, 2.75) is 6.92 Å². The summed E-state index contributed by atoms with van der Waals surface area (Å²) in [7, 11) is 1.64. The fourth-order valence-electron chi connectivity index (χ4n) is 2.07. The number of nitrogens with two attached hydrogens (primary N) is 1. The number of aryl methyl sites for hydroxylation is 1. The number of aromatic nitrogens is 2. The van der Waals surface area contributed by atoms with Gasteiger partial charge in [0.2, 0.25) is 5.88 Å². The predicted molar refractivity (Wildman–Crippen MR) is 69.5 cm³/mol. The normalized spacial score (nSPS) is 11.0. The van der Waals surface area contributed by atoms with E-state index >= 15 is 0 Å². The van der Waals surface area contributed by atoms with Crippen molar-refractivity contribution in [2.75, 3.05) is 12.8 Å². The number of nitrogens with one attached hydrogen (secondary N) is 1. The van der Waals surface area contributed by atoms with E-state index in [1.54, 1.807) is 13.2 Å². The number of anilines is 1. The summed E-state index contributed by atoms with van der Waals surface area (Å²) in [5.41, 5.74) is 9.30. The largest absolute Gasteiger partial charge is 0.495 e. The van der Waals surface area contributed by atoms with Gasteiger partial charge in [-0.15, -0.1) is 0 Å². The Morgan fingerprint density at radius 2 is 2.17 bits per heavy atom. The van der Waals surface area contributed by atoms with Crippen molar-refractivity contribution in [3.05, 3.63) is 30.0 Å². The molecule has 3 aromatic rings. The zero-order chi connectivity index (χ0) is 12.7. The first-order valence-electron chi connectivity index (χ1n) is 5.57. The van der Waals surface area contributed by atoms with Crippen LogP contribution in [0.5, 0.6) is 5.75 Å². The molecular formula is C13H13N3O2. The zero-order valence-corrected chi connectivity index (χ0v) is 10.2. The van der Waals surface area contributed by atoms with E-state index in [0.717, 1.165) is 27.8 Å². The molecule has 0 aliphatic carbocycles. The second kappa shape index (κ2) is 3.80. The first kappa shape index (κ1) is 10.7. The van der Waals surface area contributed by atoms with Crippen LogP contribution in [0.4, 0.5) is 5.88 Å². The van der Waals surface area contributed by atoms with Gasteiger partial charge in [0, 0.05) is 23.2 Å². The van der Waals surface area contributed by atoms with Crippen LogP contribution in [-0.2, 0) is 0 Å². The van der Waals surface area contributed by atoms with Crippen LogP contribution in [0.1, 0.15) is 5.56 Å². The van der Waals surface area contributed by atoms with E-state index in [1.165, 1.54) is 0 Å². The quantitative estimate of drug-likeness (QED) is 0.725. The van der Waals surface area contributed by atoms with Crippen molar-refractivity contribution < 1.29 is 9.26 Å². The molecule has 3 N–H and O–H groups in total. The Kier molecular flexibility index (Phi) is 2.26. The lowest BCUT2D eigenvalue weighted by atomic mass is 10.1. The van der Waals surface area contributed by atoms with Crippen LogP contribution in [0, 0.1) is 6.92 Å². The minimum absolute atomic E-state index is 0.301. The Balaban J connectivity index is 2.27. The first-order valence-corrected chi connectivity index (χ1v) is 5.57. The van der Waals surface area contributed by atoms with Gasteiger partial charge in [0.1, 0.15) is 11.4 Å². The maximum atomic E-state index is 5.54. The SMILES string of the molecule is COc1cc(-c2cc(N)on2)cc2c(C)c[nH]c12. The maximum Gasteiger partial charge on any atom is 0.222 e. The van der Waals surface area contributed by atoms with Crippen LogP contribution in [0.15, 0.2) is 28.9 Å². The van der Waals surface area contributed by atoms with Gasteiger partial charge in [-0.1, -0.05) is 5.16 Å². The smallest absolute Gasteiger partial charge is 0.222 e. The molecule has 0 radical (unpaired) electrons. The number of fused-ring (bicyclic) bond motifs is 1. The lowest BCUT2D eigenvalue weighted by Crippen LogP contribution is -1.87. The highest BCUT2D eigenvalue weighted by Crippen LogP contribution is 2.33.